The molecule has 0 aliphatic rings. The molecule has 6 nitrogen and oxygen atoms in total. The second kappa shape index (κ2) is 11.2. The molecule has 0 spiro atoms. The molecule has 0 bridgehead atoms. The zero-order valence-electron chi connectivity index (χ0n) is 4.57. The van der Waals surface area contributed by atoms with Crippen molar-refractivity contribution in [3.63, 3.8) is 0 Å². The summed E-state index contributed by atoms with van der Waals surface area (Å²) in [6, 6.07) is 0. The number of rotatable bonds is 0. The Morgan fingerprint density at radius 1 is 1.11 bits per heavy atom. The van der Waals surface area contributed by atoms with E-state index in [1.54, 1.807) is 0 Å². The van der Waals surface area contributed by atoms with Crippen molar-refractivity contribution < 1.29 is 88.2 Å². The van der Waals surface area contributed by atoms with E-state index in [-0.39, 0.29) is 58.2 Å². The molecule has 0 radical (unpaired) electrons. The van der Waals surface area contributed by atoms with Gasteiger partial charge in [0.05, 0.1) is 0 Å². The SMILES string of the molecule is O=C(O)O.O=C([O-])O.[Rb+]. The first-order valence-corrected chi connectivity index (χ1v) is 1.28. The van der Waals surface area contributed by atoms with Gasteiger partial charge in [-0.05, 0) is 0 Å². The summed E-state index contributed by atoms with van der Waals surface area (Å²) in [6.45, 7) is 0. The van der Waals surface area contributed by atoms with Gasteiger partial charge in [-0.15, -0.1) is 0 Å². The van der Waals surface area contributed by atoms with Gasteiger partial charge in [0.1, 0.15) is 0 Å². The minimum Gasteiger partial charge on any atom is -0.565 e. The van der Waals surface area contributed by atoms with Crippen molar-refractivity contribution in [2.75, 3.05) is 0 Å². The van der Waals surface area contributed by atoms with E-state index in [1.165, 1.54) is 0 Å². The summed E-state index contributed by atoms with van der Waals surface area (Å²) in [5, 5.41) is 29.2. The van der Waals surface area contributed by atoms with E-state index in [9.17, 15) is 0 Å². The minimum absolute atomic E-state index is 0. The Morgan fingerprint density at radius 2 is 1.11 bits per heavy atom. The number of hydrogen-bond acceptors (Lipinski definition) is 3. The molecular formula is C2H3O6Rb. The molecule has 9 heavy (non-hydrogen) atoms. The number of carboxylic acid groups (broad SMARTS) is 4. The molecule has 0 aromatic carbocycles. The van der Waals surface area contributed by atoms with Crippen molar-refractivity contribution in [1.82, 2.24) is 0 Å². The molecule has 48 valence electrons. The van der Waals surface area contributed by atoms with Crippen molar-refractivity contribution in [3.05, 3.63) is 0 Å². The van der Waals surface area contributed by atoms with E-state index in [0.29, 0.717) is 0 Å². The maximum Gasteiger partial charge on any atom is 1.00 e. The van der Waals surface area contributed by atoms with E-state index in [2.05, 4.69) is 0 Å². The van der Waals surface area contributed by atoms with Crippen molar-refractivity contribution in [3.8, 4) is 0 Å². The Morgan fingerprint density at radius 3 is 1.11 bits per heavy atom. The summed E-state index contributed by atoms with van der Waals surface area (Å²) >= 11 is 0. The van der Waals surface area contributed by atoms with Crippen molar-refractivity contribution >= 4 is 12.3 Å². The molecule has 0 fully saturated rings. The van der Waals surface area contributed by atoms with Crippen LogP contribution < -0.4 is 63.3 Å². The third kappa shape index (κ3) is 2820. The van der Waals surface area contributed by atoms with Gasteiger partial charge >= 0.3 is 64.3 Å². The van der Waals surface area contributed by atoms with Gasteiger partial charge < -0.3 is 25.2 Å². The van der Waals surface area contributed by atoms with E-state index in [4.69, 9.17) is 30.0 Å². The normalized spacial score (nSPS) is 5.33. The first-order valence-electron chi connectivity index (χ1n) is 1.28. The molecule has 0 rings (SSSR count). The molecule has 0 amide bonds. The Kier molecular flexibility index (Phi) is 20.1. The molecular weight excluding hydrogens is 205 g/mol. The van der Waals surface area contributed by atoms with Crippen LogP contribution in [-0.2, 0) is 0 Å². The van der Waals surface area contributed by atoms with Crippen LogP contribution >= 0.6 is 0 Å². The van der Waals surface area contributed by atoms with Crippen molar-refractivity contribution in [2.24, 2.45) is 0 Å². The predicted octanol–water partition coefficient (Wildman–Crippen LogP) is -3.89. The van der Waals surface area contributed by atoms with Gasteiger partial charge in [0, 0.05) is 0 Å². The molecule has 7 heteroatoms. The molecule has 0 atom stereocenters. The van der Waals surface area contributed by atoms with E-state index >= 15 is 0 Å². The van der Waals surface area contributed by atoms with Gasteiger partial charge in [-0.1, -0.05) is 0 Å². The summed E-state index contributed by atoms with van der Waals surface area (Å²) in [7, 11) is 0. The smallest absolute Gasteiger partial charge is 0.565 e. The Hall–Kier alpha value is 0.345. The monoisotopic (exact) mass is 208 g/mol. The first kappa shape index (κ1) is 16.2. The molecule has 0 aliphatic carbocycles. The molecule has 0 aliphatic heterocycles. The van der Waals surface area contributed by atoms with Crippen LogP contribution in [-0.4, -0.2) is 27.6 Å². The minimum atomic E-state index is -2.08. The van der Waals surface area contributed by atoms with Crippen molar-refractivity contribution in [2.45, 2.75) is 0 Å². The van der Waals surface area contributed by atoms with Crippen LogP contribution in [0, 0.1) is 0 Å². The second-order valence-electron chi connectivity index (χ2n) is 0.548. The van der Waals surface area contributed by atoms with Gasteiger partial charge in [0.25, 0.3) is 0 Å². The quantitative estimate of drug-likeness (QED) is 0.375. The third-order valence-corrected chi connectivity index (χ3v) is 0. The Balaban J connectivity index is -0.0000000720. The predicted molar refractivity (Wildman–Crippen MR) is 18.7 cm³/mol. The van der Waals surface area contributed by atoms with Gasteiger partial charge in [0.15, 0.2) is 0 Å². The number of hydrogen-bond donors (Lipinski definition) is 3. The Labute approximate surface area is 98.9 Å². The fourth-order valence-electron chi connectivity index (χ4n) is 0. The molecule has 0 saturated carbocycles. The molecule has 0 unspecified atom stereocenters. The average molecular weight is 209 g/mol. The average Bonchev–Trinajstić information content (AvgIpc) is 1.25. The summed E-state index contributed by atoms with van der Waals surface area (Å²) in [4.78, 5) is 17.0. The van der Waals surface area contributed by atoms with E-state index < -0.39 is 12.3 Å². The van der Waals surface area contributed by atoms with Gasteiger partial charge in [-0.3, -0.25) is 0 Å². The second-order valence-corrected chi connectivity index (χ2v) is 0.548. The van der Waals surface area contributed by atoms with Gasteiger partial charge in [0.2, 0.25) is 6.16 Å². The van der Waals surface area contributed by atoms with E-state index in [1.807, 2.05) is 0 Å². The fourth-order valence-corrected chi connectivity index (χ4v) is 0. The van der Waals surface area contributed by atoms with Crippen LogP contribution in [0.15, 0.2) is 0 Å². The first-order chi connectivity index (χ1) is 3.46. The topological polar surface area (TPSA) is 118 Å². The molecule has 0 aromatic rings. The van der Waals surface area contributed by atoms with Gasteiger partial charge in [-0.25, -0.2) is 4.79 Å². The summed E-state index contributed by atoms with van der Waals surface area (Å²) in [5.41, 5.74) is 0. The van der Waals surface area contributed by atoms with Crippen LogP contribution in [0.3, 0.4) is 0 Å². The molecule has 0 saturated heterocycles. The molecule has 0 aromatic heterocycles. The van der Waals surface area contributed by atoms with Crippen LogP contribution in [0.5, 0.6) is 0 Å². The largest absolute Gasteiger partial charge is 1.00 e. The fraction of sp³-hybridized carbons (Fsp3) is 0. The molecule has 0 heterocycles. The Bertz CT molecular complexity index is 69.1. The van der Waals surface area contributed by atoms with Crippen LogP contribution in [0.25, 0.3) is 0 Å². The van der Waals surface area contributed by atoms with Crippen LogP contribution in [0.4, 0.5) is 9.59 Å². The number of carbonyl (C=O) groups is 2. The zero-order valence-corrected chi connectivity index (χ0v) is 9.48. The zero-order chi connectivity index (χ0) is 7.15. The van der Waals surface area contributed by atoms with Gasteiger partial charge in [-0.2, -0.15) is 0 Å². The van der Waals surface area contributed by atoms with Crippen LogP contribution in [0.1, 0.15) is 0 Å². The van der Waals surface area contributed by atoms with Crippen molar-refractivity contribution in [1.29, 1.82) is 0 Å². The summed E-state index contributed by atoms with van der Waals surface area (Å²) in [6.07, 6.45) is -3.92. The maximum atomic E-state index is 8.56. The third-order valence-electron chi connectivity index (χ3n) is 0. The summed E-state index contributed by atoms with van der Waals surface area (Å²) in [5.74, 6) is 0. The maximum absolute atomic E-state index is 8.56. The standard InChI is InChI=1S/2CH2O3.Rb/c2*2-1(3)4;/h2*(H2,2,3,4);/q;;+1/p-1. The summed E-state index contributed by atoms with van der Waals surface area (Å²) < 4.78 is 0. The van der Waals surface area contributed by atoms with Crippen LogP contribution in [0.2, 0.25) is 0 Å². The molecule has 3 N–H and O–H groups in total. The van der Waals surface area contributed by atoms with E-state index in [0.717, 1.165) is 0 Å².